The van der Waals surface area contributed by atoms with Crippen LogP contribution in [-0.4, -0.2) is 48.3 Å². The van der Waals surface area contributed by atoms with Gasteiger partial charge >= 0.3 is 0 Å². The Labute approximate surface area is 83.8 Å². The molecule has 1 amide bonds. The molecular formula is C10H15NO3. The van der Waals surface area contributed by atoms with Crippen molar-refractivity contribution in [2.75, 3.05) is 26.3 Å². The van der Waals surface area contributed by atoms with Crippen LogP contribution < -0.4 is 0 Å². The second-order valence-corrected chi connectivity index (χ2v) is 3.22. The van der Waals surface area contributed by atoms with Crippen LogP contribution >= 0.6 is 0 Å². The van der Waals surface area contributed by atoms with Gasteiger partial charge in [0, 0.05) is 25.9 Å². The number of nitrogens with zero attached hydrogens (tertiary/aromatic N) is 1. The average molecular weight is 197 g/mol. The van der Waals surface area contributed by atoms with Gasteiger partial charge in [-0.25, -0.2) is 0 Å². The van der Waals surface area contributed by atoms with E-state index in [0.29, 0.717) is 32.5 Å². The van der Waals surface area contributed by atoms with E-state index in [1.54, 1.807) is 4.90 Å². The number of terminal acetylenes is 1. The molecule has 1 atom stereocenters. The third kappa shape index (κ3) is 3.02. The fraction of sp³-hybridized carbons (Fsp3) is 0.700. The fourth-order valence-electron chi connectivity index (χ4n) is 1.39. The maximum Gasteiger partial charge on any atom is 0.223 e. The molecule has 0 aromatic heterocycles. The smallest absolute Gasteiger partial charge is 0.223 e. The molecule has 0 spiro atoms. The number of carbonyl (C=O) groups excluding carboxylic acids is 1. The lowest BCUT2D eigenvalue weighted by Gasteiger charge is -2.32. The highest BCUT2D eigenvalue weighted by molar-refractivity contribution is 5.76. The van der Waals surface area contributed by atoms with Crippen LogP contribution in [0.1, 0.15) is 12.8 Å². The number of hydrogen-bond donors (Lipinski definition) is 1. The van der Waals surface area contributed by atoms with E-state index >= 15 is 0 Å². The average Bonchev–Trinajstić information content (AvgIpc) is 2.26. The summed E-state index contributed by atoms with van der Waals surface area (Å²) in [6.45, 7) is 1.52. The third-order valence-corrected chi connectivity index (χ3v) is 2.18. The van der Waals surface area contributed by atoms with Crippen LogP contribution in [0.25, 0.3) is 0 Å². The van der Waals surface area contributed by atoms with Gasteiger partial charge in [-0.05, 0) is 0 Å². The molecule has 0 aromatic carbocycles. The first-order valence-corrected chi connectivity index (χ1v) is 4.71. The van der Waals surface area contributed by atoms with Crippen molar-refractivity contribution >= 4 is 5.91 Å². The highest BCUT2D eigenvalue weighted by Crippen LogP contribution is 2.06. The minimum absolute atomic E-state index is 0.0427. The topological polar surface area (TPSA) is 49.8 Å². The number of amides is 1. The van der Waals surface area contributed by atoms with Crippen LogP contribution in [0, 0.1) is 12.3 Å². The van der Waals surface area contributed by atoms with Crippen LogP contribution in [0.2, 0.25) is 0 Å². The summed E-state index contributed by atoms with van der Waals surface area (Å²) in [5.41, 5.74) is 0. The van der Waals surface area contributed by atoms with Gasteiger partial charge in [-0.1, -0.05) is 0 Å². The standard InChI is InChI=1S/C10H15NO3/c1-2-3-4-10(13)11-5-6-14-9(7-11)8-12/h1,9,12H,3-8H2. The molecule has 1 unspecified atom stereocenters. The van der Waals surface area contributed by atoms with Crippen molar-refractivity contribution in [2.45, 2.75) is 18.9 Å². The molecule has 4 heteroatoms. The van der Waals surface area contributed by atoms with E-state index in [1.165, 1.54) is 0 Å². The molecular weight excluding hydrogens is 182 g/mol. The van der Waals surface area contributed by atoms with Gasteiger partial charge in [0.05, 0.1) is 19.3 Å². The number of rotatable bonds is 3. The van der Waals surface area contributed by atoms with Crippen LogP contribution in [0.5, 0.6) is 0 Å². The molecule has 14 heavy (non-hydrogen) atoms. The van der Waals surface area contributed by atoms with E-state index in [2.05, 4.69) is 5.92 Å². The summed E-state index contributed by atoms with van der Waals surface area (Å²) in [5.74, 6) is 2.48. The van der Waals surface area contributed by atoms with Gasteiger partial charge in [-0.3, -0.25) is 4.79 Å². The van der Waals surface area contributed by atoms with Crippen molar-refractivity contribution in [3.8, 4) is 12.3 Å². The molecule has 1 rings (SSSR count). The summed E-state index contributed by atoms with van der Waals surface area (Å²) < 4.78 is 5.23. The Hall–Kier alpha value is -1.05. The fourth-order valence-corrected chi connectivity index (χ4v) is 1.39. The summed E-state index contributed by atoms with van der Waals surface area (Å²) >= 11 is 0. The van der Waals surface area contributed by atoms with Crippen LogP contribution in [0.3, 0.4) is 0 Å². The van der Waals surface area contributed by atoms with E-state index < -0.39 is 0 Å². The van der Waals surface area contributed by atoms with E-state index in [4.69, 9.17) is 16.3 Å². The van der Waals surface area contributed by atoms with E-state index in [1.807, 2.05) is 0 Å². The van der Waals surface area contributed by atoms with Crippen molar-refractivity contribution in [1.82, 2.24) is 4.90 Å². The summed E-state index contributed by atoms with van der Waals surface area (Å²) in [7, 11) is 0. The molecule has 0 aromatic rings. The Morgan fingerprint density at radius 2 is 2.50 bits per heavy atom. The molecule has 1 saturated heterocycles. The molecule has 1 aliphatic rings. The first-order valence-electron chi connectivity index (χ1n) is 4.71. The second kappa shape index (κ2) is 5.63. The minimum atomic E-state index is -0.237. The van der Waals surface area contributed by atoms with Gasteiger partial charge in [0.25, 0.3) is 0 Å². The normalized spacial score (nSPS) is 21.7. The van der Waals surface area contributed by atoms with Gasteiger partial charge in [0.2, 0.25) is 5.91 Å². The number of morpholine rings is 1. The van der Waals surface area contributed by atoms with Crippen molar-refractivity contribution in [3.63, 3.8) is 0 Å². The molecule has 78 valence electrons. The van der Waals surface area contributed by atoms with E-state index in [0.717, 1.165) is 0 Å². The molecule has 0 saturated carbocycles. The molecule has 4 nitrogen and oxygen atoms in total. The largest absolute Gasteiger partial charge is 0.394 e. The van der Waals surface area contributed by atoms with Crippen LogP contribution in [-0.2, 0) is 9.53 Å². The third-order valence-electron chi connectivity index (χ3n) is 2.18. The first kappa shape index (κ1) is 11.0. The number of ether oxygens (including phenoxy) is 1. The van der Waals surface area contributed by atoms with Crippen molar-refractivity contribution in [2.24, 2.45) is 0 Å². The van der Waals surface area contributed by atoms with Gasteiger partial charge in [0.1, 0.15) is 0 Å². The van der Waals surface area contributed by atoms with Gasteiger partial charge < -0.3 is 14.7 Å². The number of carbonyl (C=O) groups is 1. The lowest BCUT2D eigenvalue weighted by molar-refractivity contribution is -0.140. The zero-order valence-corrected chi connectivity index (χ0v) is 8.11. The maximum atomic E-state index is 11.5. The molecule has 0 aliphatic carbocycles. The summed E-state index contributed by atoms with van der Waals surface area (Å²) in [4.78, 5) is 13.2. The lowest BCUT2D eigenvalue weighted by atomic mass is 10.2. The van der Waals surface area contributed by atoms with Gasteiger partial charge in [0.15, 0.2) is 0 Å². The molecule has 1 N–H and O–H groups in total. The predicted molar refractivity (Wildman–Crippen MR) is 51.5 cm³/mol. The first-order chi connectivity index (χ1) is 6.77. The Balaban J connectivity index is 2.36. The van der Waals surface area contributed by atoms with Crippen molar-refractivity contribution in [3.05, 3.63) is 0 Å². The highest BCUT2D eigenvalue weighted by Gasteiger charge is 2.22. The monoisotopic (exact) mass is 197 g/mol. The Morgan fingerprint density at radius 3 is 3.14 bits per heavy atom. The molecule has 0 bridgehead atoms. The zero-order chi connectivity index (χ0) is 10.4. The van der Waals surface area contributed by atoms with E-state index in [-0.39, 0.29) is 18.6 Å². The number of aliphatic hydroxyl groups excluding tert-OH is 1. The molecule has 1 heterocycles. The molecule has 1 fully saturated rings. The van der Waals surface area contributed by atoms with Crippen LogP contribution in [0.15, 0.2) is 0 Å². The van der Waals surface area contributed by atoms with E-state index in [9.17, 15) is 4.79 Å². The van der Waals surface area contributed by atoms with Crippen molar-refractivity contribution < 1.29 is 14.6 Å². The quantitative estimate of drug-likeness (QED) is 0.627. The summed E-state index contributed by atoms with van der Waals surface area (Å²) in [5, 5.41) is 8.87. The lowest BCUT2D eigenvalue weighted by Crippen LogP contribution is -2.46. The Morgan fingerprint density at radius 1 is 1.71 bits per heavy atom. The maximum absolute atomic E-state index is 11.5. The molecule has 1 aliphatic heterocycles. The van der Waals surface area contributed by atoms with Gasteiger partial charge in [-0.15, -0.1) is 12.3 Å². The Bertz CT molecular complexity index is 234. The molecule has 0 radical (unpaired) electrons. The zero-order valence-electron chi connectivity index (χ0n) is 8.11. The predicted octanol–water partition coefficient (Wildman–Crippen LogP) is -0.381. The number of hydrogen-bond acceptors (Lipinski definition) is 3. The number of aliphatic hydroxyl groups is 1. The second-order valence-electron chi connectivity index (χ2n) is 3.22. The summed E-state index contributed by atoms with van der Waals surface area (Å²) in [6.07, 6.45) is 5.69. The SMILES string of the molecule is C#CCCC(=O)N1CCOC(CO)C1. The van der Waals surface area contributed by atoms with Crippen LogP contribution in [0.4, 0.5) is 0 Å². The van der Waals surface area contributed by atoms with Gasteiger partial charge in [-0.2, -0.15) is 0 Å². The minimum Gasteiger partial charge on any atom is -0.394 e. The summed E-state index contributed by atoms with van der Waals surface area (Å²) in [6, 6.07) is 0. The van der Waals surface area contributed by atoms with Crippen molar-refractivity contribution in [1.29, 1.82) is 0 Å². The Kier molecular flexibility index (Phi) is 4.44. The highest BCUT2D eigenvalue weighted by atomic mass is 16.5.